The molecule has 0 spiro atoms. The third-order valence-electron chi connectivity index (χ3n) is 5.21. The van der Waals surface area contributed by atoms with Crippen LogP contribution in [0, 0.1) is 23.2 Å². The van der Waals surface area contributed by atoms with Gasteiger partial charge in [0.15, 0.2) is 5.78 Å². The van der Waals surface area contributed by atoms with Gasteiger partial charge in [0, 0.05) is 11.3 Å². The second-order valence-corrected chi connectivity index (χ2v) is 7.40. The van der Waals surface area contributed by atoms with E-state index in [9.17, 15) is 9.59 Å². The minimum absolute atomic E-state index is 0.0744. The molecule has 0 unspecified atom stereocenters. The van der Waals surface area contributed by atoms with Crippen LogP contribution >= 0.6 is 0 Å². The van der Waals surface area contributed by atoms with Crippen molar-refractivity contribution in [3.8, 4) is 0 Å². The first kappa shape index (κ1) is 16.3. The van der Waals surface area contributed by atoms with Gasteiger partial charge in [0.2, 0.25) is 0 Å². The number of ether oxygens (including phenoxy) is 1. The van der Waals surface area contributed by atoms with Gasteiger partial charge in [-0.2, -0.15) is 0 Å². The highest BCUT2D eigenvalue weighted by atomic mass is 16.6. The molecule has 118 valence electrons. The van der Waals surface area contributed by atoms with Gasteiger partial charge in [-0.1, -0.05) is 46.6 Å². The molecule has 1 aliphatic carbocycles. The lowest BCUT2D eigenvalue weighted by Gasteiger charge is -2.22. The van der Waals surface area contributed by atoms with Crippen LogP contribution in [0.4, 0.5) is 0 Å². The highest BCUT2D eigenvalue weighted by Crippen LogP contribution is 2.45. The molecule has 2 fully saturated rings. The summed E-state index contributed by atoms with van der Waals surface area (Å²) in [4.78, 5) is 23.8. The summed E-state index contributed by atoms with van der Waals surface area (Å²) < 4.78 is 5.36. The third kappa shape index (κ3) is 3.56. The van der Waals surface area contributed by atoms with E-state index < -0.39 is 0 Å². The fourth-order valence-corrected chi connectivity index (χ4v) is 3.68. The van der Waals surface area contributed by atoms with Crippen molar-refractivity contribution in [2.75, 3.05) is 0 Å². The SMILES string of the molecule is CCCCC(C)(C)C(=O)C=C[C@@H]1[C@H]2CC(=O)O[C@H]2C[C@H]1C. The molecule has 0 aromatic carbocycles. The van der Waals surface area contributed by atoms with Gasteiger partial charge in [-0.3, -0.25) is 9.59 Å². The van der Waals surface area contributed by atoms with E-state index in [0.29, 0.717) is 18.3 Å². The molecule has 0 amide bonds. The van der Waals surface area contributed by atoms with Crippen LogP contribution in [0.3, 0.4) is 0 Å². The predicted octanol–water partition coefficient (Wildman–Crippen LogP) is 3.92. The van der Waals surface area contributed by atoms with Crippen molar-refractivity contribution < 1.29 is 14.3 Å². The number of esters is 1. The van der Waals surface area contributed by atoms with Gasteiger partial charge in [-0.25, -0.2) is 0 Å². The van der Waals surface area contributed by atoms with Crippen LogP contribution in [0.2, 0.25) is 0 Å². The maximum atomic E-state index is 12.4. The van der Waals surface area contributed by atoms with E-state index >= 15 is 0 Å². The standard InChI is InChI=1S/C18H28O3/c1-5-6-9-18(3,4)16(19)8-7-13-12(2)10-15-14(13)11-17(20)21-15/h7-8,12-15H,5-6,9-11H2,1-4H3/t12-,13+,14-,15+/m1/s1. The lowest BCUT2D eigenvalue weighted by Crippen LogP contribution is -2.23. The lowest BCUT2D eigenvalue weighted by atomic mass is 9.81. The average Bonchev–Trinajstić information content (AvgIpc) is 2.89. The van der Waals surface area contributed by atoms with E-state index in [-0.39, 0.29) is 29.2 Å². The molecule has 0 radical (unpaired) electrons. The third-order valence-corrected chi connectivity index (χ3v) is 5.21. The summed E-state index contributed by atoms with van der Waals surface area (Å²) in [7, 11) is 0. The number of ketones is 1. The van der Waals surface area contributed by atoms with Crippen LogP contribution in [-0.2, 0) is 14.3 Å². The van der Waals surface area contributed by atoms with E-state index in [1.165, 1.54) is 0 Å². The zero-order valence-electron chi connectivity index (χ0n) is 13.7. The van der Waals surface area contributed by atoms with Crippen LogP contribution in [-0.4, -0.2) is 17.9 Å². The maximum Gasteiger partial charge on any atom is 0.306 e. The quantitative estimate of drug-likeness (QED) is 0.550. The Morgan fingerprint density at radius 2 is 2.14 bits per heavy atom. The number of carbonyl (C=O) groups is 2. The number of hydrogen-bond acceptors (Lipinski definition) is 3. The van der Waals surface area contributed by atoms with E-state index in [1.807, 2.05) is 19.9 Å². The summed E-state index contributed by atoms with van der Waals surface area (Å²) in [5.41, 5.74) is -0.282. The summed E-state index contributed by atoms with van der Waals surface area (Å²) >= 11 is 0. The first-order valence-corrected chi connectivity index (χ1v) is 8.27. The molecule has 0 aromatic heterocycles. The molecule has 1 saturated heterocycles. The van der Waals surface area contributed by atoms with Crippen molar-refractivity contribution in [2.24, 2.45) is 23.2 Å². The first-order chi connectivity index (χ1) is 9.85. The van der Waals surface area contributed by atoms with E-state index in [4.69, 9.17) is 4.74 Å². The fraction of sp³-hybridized carbons (Fsp3) is 0.778. The molecule has 0 aromatic rings. The number of hydrogen-bond donors (Lipinski definition) is 0. The maximum absolute atomic E-state index is 12.4. The van der Waals surface area contributed by atoms with E-state index in [0.717, 1.165) is 25.7 Å². The Kier molecular flexibility index (Phi) is 4.90. The smallest absolute Gasteiger partial charge is 0.306 e. The molecule has 0 N–H and O–H groups in total. The summed E-state index contributed by atoms with van der Waals surface area (Å²) in [5.74, 6) is 1.18. The Balaban J connectivity index is 1.99. The molecule has 3 nitrogen and oxygen atoms in total. The molecule has 21 heavy (non-hydrogen) atoms. The normalized spacial score (nSPS) is 32.5. The summed E-state index contributed by atoms with van der Waals surface area (Å²) in [6.07, 6.45) is 8.46. The summed E-state index contributed by atoms with van der Waals surface area (Å²) in [5, 5.41) is 0. The zero-order chi connectivity index (χ0) is 15.6. The molecule has 1 heterocycles. The average molecular weight is 292 g/mol. The summed E-state index contributed by atoms with van der Waals surface area (Å²) in [6, 6.07) is 0. The Morgan fingerprint density at radius 3 is 2.81 bits per heavy atom. The topological polar surface area (TPSA) is 43.4 Å². The van der Waals surface area contributed by atoms with Crippen LogP contribution < -0.4 is 0 Å². The monoisotopic (exact) mass is 292 g/mol. The molecular formula is C18H28O3. The van der Waals surface area contributed by atoms with Crippen molar-refractivity contribution in [3.63, 3.8) is 0 Å². The molecule has 4 atom stereocenters. The molecule has 2 rings (SSSR count). The van der Waals surface area contributed by atoms with Crippen LogP contribution in [0.1, 0.15) is 59.8 Å². The second kappa shape index (κ2) is 6.33. The van der Waals surface area contributed by atoms with Crippen LogP contribution in [0.5, 0.6) is 0 Å². The number of carbonyl (C=O) groups excluding carboxylic acids is 2. The number of fused-ring (bicyclic) bond motifs is 1. The van der Waals surface area contributed by atoms with Gasteiger partial charge in [0.05, 0.1) is 6.42 Å². The molecule has 3 heteroatoms. The van der Waals surface area contributed by atoms with Crippen LogP contribution in [0.15, 0.2) is 12.2 Å². The lowest BCUT2D eigenvalue weighted by molar-refractivity contribution is -0.141. The minimum Gasteiger partial charge on any atom is -0.462 e. The van der Waals surface area contributed by atoms with Crippen molar-refractivity contribution in [1.82, 2.24) is 0 Å². The molecule has 0 bridgehead atoms. The first-order valence-electron chi connectivity index (χ1n) is 8.27. The van der Waals surface area contributed by atoms with Gasteiger partial charge in [0.25, 0.3) is 0 Å². The Hall–Kier alpha value is -1.12. The molecule has 1 aliphatic heterocycles. The van der Waals surface area contributed by atoms with Crippen molar-refractivity contribution in [1.29, 1.82) is 0 Å². The molecule has 2 aliphatic rings. The van der Waals surface area contributed by atoms with Crippen molar-refractivity contribution >= 4 is 11.8 Å². The summed E-state index contributed by atoms with van der Waals surface area (Å²) in [6.45, 7) is 8.39. The van der Waals surface area contributed by atoms with E-state index in [1.54, 1.807) is 6.08 Å². The van der Waals surface area contributed by atoms with Crippen molar-refractivity contribution in [3.05, 3.63) is 12.2 Å². The number of allylic oxidation sites excluding steroid dienone is 2. The van der Waals surface area contributed by atoms with E-state index in [2.05, 4.69) is 13.8 Å². The number of rotatable bonds is 6. The predicted molar refractivity (Wildman–Crippen MR) is 82.7 cm³/mol. The van der Waals surface area contributed by atoms with Gasteiger partial charge in [-0.15, -0.1) is 0 Å². The van der Waals surface area contributed by atoms with Crippen molar-refractivity contribution in [2.45, 2.75) is 65.9 Å². The Labute approximate surface area is 128 Å². The number of unbranched alkanes of at least 4 members (excludes halogenated alkanes) is 1. The van der Waals surface area contributed by atoms with Gasteiger partial charge in [-0.05, 0) is 30.8 Å². The van der Waals surface area contributed by atoms with Gasteiger partial charge in [0.1, 0.15) is 6.10 Å². The van der Waals surface area contributed by atoms with Gasteiger partial charge < -0.3 is 4.74 Å². The Bertz CT molecular complexity index is 436. The van der Waals surface area contributed by atoms with Gasteiger partial charge >= 0.3 is 5.97 Å². The fourth-order valence-electron chi connectivity index (χ4n) is 3.68. The second-order valence-electron chi connectivity index (χ2n) is 7.40. The zero-order valence-corrected chi connectivity index (χ0v) is 13.7. The highest BCUT2D eigenvalue weighted by molar-refractivity contribution is 5.94. The molecule has 1 saturated carbocycles. The minimum atomic E-state index is -0.282. The Morgan fingerprint density at radius 1 is 1.43 bits per heavy atom. The molecular weight excluding hydrogens is 264 g/mol. The van der Waals surface area contributed by atoms with Crippen LogP contribution in [0.25, 0.3) is 0 Å². The highest BCUT2D eigenvalue weighted by Gasteiger charge is 2.47. The largest absolute Gasteiger partial charge is 0.462 e.